The van der Waals surface area contributed by atoms with Gasteiger partial charge in [-0.15, -0.1) is 0 Å². The zero-order valence-corrected chi connectivity index (χ0v) is 17.6. The fourth-order valence-electron chi connectivity index (χ4n) is 3.39. The Morgan fingerprint density at radius 2 is 1.73 bits per heavy atom. The van der Waals surface area contributed by atoms with Gasteiger partial charge in [0.05, 0.1) is 11.6 Å². The first kappa shape index (κ1) is 21.6. The number of nitrogens with zero attached hydrogens (tertiary/aromatic N) is 2. The number of aliphatic hydroxyl groups is 1. The number of aryl methyl sites for hydroxylation is 2. The summed E-state index contributed by atoms with van der Waals surface area (Å²) in [5.74, 6) is 0.756. The number of hydrogen-bond acceptors (Lipinski definition) is 4. The summed E-state index contributed by atoms with van der Waals surface area (Å²) in [6.45, 7) is 6.18. The predicted molar refractivity (Wildman–Crippen MR) is 119 cm³/mol. The molecule has 0 amide bonds. The molecule has 4 heteroatoms. The second-order valence-electron chi connectivity index (χ2n) is 7.69. The Labute approximate surface area is 179 Å². The van der Waals surface area contributed by atoms with Crippen molar-refractivity contribution >= 4 is 0 Å². The summed E-state index contributed by atoms with van der Waals surface area (Å²) >= 11 is 0. The zero-order valence-electron chi connectivity index (χ0n) is 17.6. The molecule has 0 saturated heterocycles. The van der Waals surface area contributed by atoms with E-state index in [1.807, 2.05) is 61.5 Å². The van der Waals surface area contributed by atoms with Gasteiger partial charge >= 0.3 is 0 Å². The van der Waals surface area contributed by atoms with Crippen molar-refractivity contribution < 1.29 is 9.84 Å². The van der Waals surface area contributed by atoms with Gasteiger partial charge in [-0.2, -0.15) is 5.26 Å². The SMILES string of the molecule is Cc1ccc(OCC(O)CN(Cc2cccc(C#N)c2)Cc2ccccc2C)cc1. The standard InChI is InChI=1S/C26H28N2O2/c1-20-10-12-26(13-11-20)30-19-25(29)18-28(17-24-9-4-3-6-21(24)2)16-23-8-5-7-22(14-23)15-27/h3-14,25,29H,16-19H2,1-2H3. The molecular formula is C26H28N2O2. The molecule has 0 aliphatic carbocycles. The Kier molecular flexibility index (Phi) is 7.62. The smallest absolute Gasteiger partial charge is 0.119 e. The molecule has 154 valence electrons. The summed E-state index contributed by atoms with van der Waals surface area (Å²) < 4.78 is 5.76. The van der Waals surface area contributed by atoms with E-state index in [1.54, 1.807) is 6.07 Å². The Balaban J connectivity index is 1.68. The van der Waals surface area contributed by atoms with Crippen LogP contribution in [0.4, 0.5) is 0 Å². The first-order chi connectivity index (χ1) is 14.5. The highest BCUT2D eigenvalue weighted by Gasteiger charge is 2.15. The molecule has 0 spiro atoms. The summed E-state index contributed by atoms with van der Waals surface area (Å²) in [6, 6.07) is 25.9. The molecule has 0 heterocycles. The third-order valence-corrected chi connectivity index (χ3v) is 5.05. The fraction of sp³-hybridized carbons (Fsp3) is 0.269. The monoisotopic (exact) mass is 400 g/mol. The topological polar surface area (TPSA) is 56.5 Å². The van der Waals surface area contributed by atoms with E-state index in [4.69, 9.17) is 4.74 Å². The van der Waals surface area contributed by atoms with E-state index >= 15 is 0 Å². The minimum Gasteiger partial charge on any atom is -0.491 e. The Hall–Kier alpha value is -3.13. The van der Waals surface area contributed by atoms with Crippen LogP contribution in [0, 0.1) is 25.2 Å². The third kappa shape index (κ3) is 6.45. The first-order valence-electron chi connectivity index (χ1n) is 10.2. The van der Waals surface area contributed by atoms with Gasteiger partial charge in [-0.3, -0.25) is 4.90 Å². The molecule has 0 fully saturated rings. The van der Waals surface area contributed by atoms with E-state index in [9.17, 15) is 10.4 Å². The number of ether oxygens (including phenoxy) is 1. The number of aliphatic hydroxyl groups excluding tert-OH is 1. The van der Waals surface area contributed by atoms with E-state index in [2.05, 4.69) is 30.0 Å². The fourth-order valence-corrected chi connectivity index (χ4v) is 3.39. The van der Waals surface area contributed by atoms with Crippen LogP contribution in [0.5, 0.6) is 5.75 Å². The Morgan fingerprint density at radius 3 is 2.47 bits per heavy atom. The predicted octanol–water partition coefficient (Wildman–Crippen LogP) is 4.62. The molecule has 3 rings (SSSR count). The van der Waals surface area contributed by atoms with Crippen LogP contribution in [0.15, 0.2) is 72.8 Å². The lowest BCUT2D eigenvalue weighted by atomic mass is 10.1. The summed E-state index contributed by atoms with van der Waals surface area (Å²) in [5, 5.41) is 19.8. The number of hydrogen-bond donors (Lipinski definition) is 1. The van der Waals surface area contributed by atoms with Gasteiger partial charge in [-0.1, -0.05) is 54.1 Å². The van der Waals surface area contributed by atoms with Crippen molar-refractivity contribution in [3.8, 4) is 11.8 Å². The van der Waals surface area contributed by atoms with Crippen molar-refractivity contribution in [2.75, 3.05) is 13.2 Å². The molecule has 0 aliphatic heterocycles. The quantitative estimate of drug-likeness (QED) is 0.570. The minimum absolute atomic E-state index is 0.228. The summed E-state index contributed by atoms with van der Waals surface area (Å²) in [6.07, 6.45) is -0.630. The lowest BCUT2D eigenvalue weighted by Crippen LogP contribution is -2.35. The van der Waals surface area contributed by atoms with Crippen LogP contribution >= 0.6 is 0 Å². The van der Waals surface area contributed by atoms with Crippen molar-refractivity contribution in [2.24, 2.45) is 0 Å². The van der Waals surface area contributed by atoms with Gasteiger partial charge in [0.1, 0.15) is 18.5 Å². The third-order valence-electron chi connectivity index (χ3n) is 5.05. The Bertz CT molecular complexity index is 992. The Morgan fingerprint density at radius 1 is 0.967 bits per heavy atom. The highest BCUT2D eigenvalue weighted by molar-refractivity contribution is 5.33. The second-order valence-corrected chi connectivity index (χ2v) is 7.69. The van der Waals surface area contributed by atoms with Crippen LogP contribution in [0.25, 0.3) is 0 Å². The van der Waals surface area contributed by atoms with Crippen LogP contribution in [0.2, 0.25) is 0 Å². The van der Waals surface area contributed by atoms with Crippen LogP contribution in [0.1, 0.15) is 27.8 Å². The lowest BCUT2D eigenvalue weighted by Gasteiger charge is -2.26. The highest BCUT2D eigenvalue weighted by atomic mass is 16.5. The summed E-state index contributed by atoms with van der Waals surface area (Å²) in [7, 11) is 0. The van der Waals surface area contributed by atoms with Crippen LogP contribution in [-0.2, 0) is 13.1 Å². The van der Waals surface area contributed by atoms with Gasteiger partial charge in [0, 0.05) is 19.6 Å². The average molecular weight is 401 g/mol. The van der Waals surface area contributed by atoms with Crippen molar-refractivity contribution in [1.82, 2.24) is 4.90 Å². The van der Waals surface area contributed by atoms with E-state index in [1.165, 1.54) is 16.7 Å². The van der Waals surface area contributed by atoms with E-state index in [0.717, 1.165) is 11.3 Å². The molecule has 0 aromatic heterocycles. The van der Waals surface area contributed by atoms with Crippen LogP contribution in [-0.4, -0.2) is 29.3 Å². The van der Waals surface area contributed by atoms with E-state index < -0.39 is 6.10 Å². The first-order valence-corrected chi connectivity index (χ1v) is 10.2. The van der Waals surface area contributed by atoms with E-state index in [0.29, 0.717) is 25.2 Å². The zero-order chi connectivity index (χ0) is 21.3. The van der Waals surface area contributed by atoms with Gasteiger partial charge in [-0.05, 0) is 54.8 Å². The molecule has 1 unspecified atom stereocenters. The maximum absolute atomic E-state index is 10.6. The van der Waals surface area contributed by atoms with Crippen molar-refractivity contribution in [3.05, 3.63) is 101 Å². The van der Waals surface area contributed by atoms with Crippen LogP contribution in [0.3, 0.4) is 0 Å². The lowest BCUT2D eigenvalue weighted by molar-refractivity contribution is 0.0628. The summed E-state index contributed by atoms with van der Waals surface area (Å²) in [5.41, 5.74) is 5.31. The molecule has 0 bridgehead atoms. The van der Waals surface area contributed by atoms with Gasteiger partial charge in [0.15, 0.2) is 0 Å². The second kappa shape index (κ2) is 10.6. The molecule has 1 N–H and O–H groups in total. The number of rotatable bonds is 9. The van der Waals surface area contributed by atoms with E-state index in [-0.39, 0.29) is 6.61 Å². The maximum atomic E-state index is 10.6. The molecule has 4 nitrogen and oxygen atoms in total. The van der Waals surface area contributed by atoms with Gasteiger partial charge in [0.25, 0.3) is 0 Å². The van der Waals surface area contributed by atoms with Gasteiger partial charge < -0.3 is 9.84 Å². The average Bonchev–Trinajstić information content (AvgIpc) is 2.75. The number of benzene rings is 3. The van der Waals surface area contributed by atoms with Gasteiger partial charge in [0.2, 0.25) is 0 Å². The van der Waals surface area contributed by atoms with Crippen molar-refractivity contribution in [2.45, 2.75) is 33.0 Å². The minimum atomic E-state index is -0.630. The van der Waals surface area contributed by atoms with Crippen molar-refractivity contribution in [3.63, 3.8) is 0 Å². The molecule has 0 radical (unpaired) electrons. The molecule has 1 atom stereocenters. The van der Waals surface area contributed by atoms with Crippen LogP contribution < -0.4 is 4.74 Å². The highest BCUT2D eigenvalue weighted by Crippen LogP contribution is 2.16. The number of nitriles is 1. The molecule has 3 aromatic rings. The normalized spacial score (nSPS) is 11.8. The van der Waals surface area contributed by atoms with Gasteiger partial charge in [-0.25, -0.2) is 0 Å². The maximum Gasteiger partial charge on any atom is 0.119 e. The van der Waals surface area contributed by atoms with Crippen molar-refractivity contribution in [1.29, 1.82) is 5.26 Å². The molecule has 3 aromatic carbocycles. The molecule has 0 aliphatic rings. The molecule has 0 saturated carbocycles. The summed E-state index contributed by atoms with van der Waals surface area (Å²) in [4.78, 5) is 2.20. The molecule has 30 heavy (non-hydrogen) atoms. The molecular weight excluding hydrogens is 372 g/mol. The largest absolute Gasteiger partial charge is 0.491 e.